The Morgan fingerprint density at radius 3 is 2.59 bits per heavy atom. The number of aromatic nitrogens is 2. The molecule has 39 heavy (non-hydrogen) atoms. The normalized spacial score (nSPS) is 17.9. The lowest BCUT2D eigenvalue weighted by Gasteiger charge is -2.47. The molecule has 0 bridgehead atoms. The molecule has 8 nitrogen and oxygen atoms in total. The Morgan fingerprint density at radius 2 is 1.85 bits per heavy atom. The summed E-state index contributed by atoms with van der Waals surface area (Å²) in [5.41, 5.74) is 3.17. The van der Waals surface area contributed by atoms with Crippen LogP contribution in [0.5, 0.6) is 0 Å². The third kappa shape index (κ3) is 9.26. The number of carbonyl (C=O) groups excluding carboxylic acids is 1. The highest BCUT2D eigenvalue weighted by molar-refractivity contribution is 5.69. The van der Waals surface area contributed by atoms with Crippen molar-refractivity contribution in [3.63, 3.8) is 0 Å². The highest BCUT2D eigenvalue weighted by Crippen LogP contribution is 2.31. The van der Waals surface area contributed by atoms with Gasteiger partial charge >= 0.3 is 5.97 Å². The monoisotopic (exact) mass is 538 g/mol. The Kier molecular flexibility index (Phi) is 10.3. The minimum atomic E-state index is -0.450. The summed E-state index contributed by atoms with van der Waals surface area (Å²) in [5.74, 6) is 0.629. The molecule has 2 saturated heterocycles. The highest BCUT2D eigenvalue weighted by atomic mass is 16.6. The molecule has 3 heterocycles. The number of esters is 1. The van der Waals surface area contributed by atoms with Crippen LogP contribution in [0.15, 0.2) is 36.5 Å². The second-order valence-corrected chi connectivity index (χ2v) is 11.8. The van der Waals surface area contributed by atoms with Crippen molar-refractivity contribution in [1.82, 2.24) is 14.9 Å². The lowest BCUT2D eigenvalue weighted by atomic mass is 9.89. The largest absolute Gasteiger partial charge is 0.460 e. The average molecular weight is 539 g/mol. The van der Waals surface area contributed by atoms with E-state index in [0.29, 0.717) is 13.2 Å². The fourth-order valence-corrected chi connectivity index (χ4v) is 5.30. The van der Waals surface area contributed by atoms with Gasteiger partial charge in [0, 0.05) is 38.1 Å². The summed E-state index contributed by atoms with van der Waals surface area (Å²) in [6.07, 6.45) is 7.04. The van der Waals surface area contributed by atoms with Crippen LogP contribution in [0.25, 0.3) is 0 Å². The van der Waals surface area contributed by atoms with Crippen molar-refractivity contribution in [1.29, 1.82) is 0 Å². The fraction of sp³-hybridized carbons (Fsp3) is 0.645. The molecule has 2 fully saturated rings. The number of rotatable bonds is 11. The van der Waals surface area contributed by atoms with Crippen molar-refractivity contribution in [2.45, 2.75) is 77.4 Å². The van der Waals surface area contributed by atoms with Crippen LogP contribution in [0.1, 0.15) is 63.8 Å². The van der Waals surface area contributed by atoms with Crippen molar-refractivity contribution in [2.24, 2.45) is 0 Å². The van der Waals surface area contributed by atoms with E-state index in [9.17, 15) is 4.79 Å². The second kappa shape index (κ2) is 13.7. The number of hydrogen-bond donors (Lipinski definition) is 0. The van der Waals surface area contributed by atoms with Gasteiger partial charge in [-0.1, -0.05) is 31.2 Å². The lowest BCUT2D eigenvalue weighted by Crippen LogP contribution is -2.57. The quantitative estimate of drug-likeness (QED) is 0.311. The van der Waals surface area contributed by atoms with Gasteiger partial charge < -0.3 is 24.0 Å². The van der Waals surface area contributed by atoms with E-state index in [4.69, 9.17) is 19.2 Å². The van der Waals surface area contributed by atoms with E-state index in [1.165, 1.54) is 11.1 Å². The van der Waals surface area contributed by atoms with Crippen LogP contribution in [0.4, 0.5) is 5.95 Å². The van der Waals surface area contributed by atoms with Gasteiger partial charge in [-0.05, 0) is 70.1 Å². The van der Waals surface area contributed by atoms with E-state index in [1.807, 2.05) is 33.0 Å². The predicted octanol–water partition coefficient (Wildman–Crippen LogP) is 4.24. The molecule has 1 aromatic carbocycles. The fourth-order valence-electron chi connectivity index (χ4n) is 5.30. The van der Waals surface area contributed by atoms with Crippen molar-refractivity contribution in [3.05, 3.63) is 53.3 Å². The number of morpholine rings is 1. The lowest BCUT2D eigenvalue weighted by molar-refractivity contribution is -0.156. The van der Waals surface area contributed by atoms with Crippen LogP contribution < -0.4 is 4.90 Å². The number of benzene rings is 1. The number of likely N-dealkylation sites (tertiary alicyclic amines) is 1. The molecule has 2 aromatic rings. The number of hydrogen-bond acceptors (Lipinski definition) is 8. The van der Waals surface area contributed by atoms with Crippen molar-refractivity contribution in [3.8, 4) is 0 Å². The van der Waals surface area contributed by atoms with Gasteiger partial charge in [0.25, 0.3) is 0 Å². The summed E-state index contributed by atoms with van der Waals surface area (Å²) in [6.45, 7) is 14.4. The number of ether oxygens (including phenoxy) is 3. The molecule has 0 saturated carbocycles. The molecule has 0 aliphatic carbocycles. The summed E-state index contributed by atoms with van der Waals surface area (Å²) < 4.78 is 17.4. The van der Waals surface area contributed by atoms with Gasteiger partial charge in [0.15, 0.2) is 0 Å². The third-order valence-corrected chi connectivity index (χ3v) is 7.48. The van der Waals surface area contributed by atoms with E-state index in [2.05, 4.69) is 46.0 Å². The number of aryl methyl sites for hydroxylation is 1. The van der Waals surface area contributed by atoms with Gasteiger partial charge in [0.1, 0.15) is 5.60 Å². The zero-order chi connectivity index (χ0) is 27.7. The zero-order valence-corrected chi connectivity index (χ0v) is 24.3. The van der Waals surface area contributed by atoms with Gasteiger partial charge in [-0.25, -0.2) is 9.97 Å². The van der Waals surface area contributed by atoms with Crippen molar-refractivity contribution in [2.75, 3.05) is 57.4 Å². The molecular weight excluding hydrogens is 492 g/mol. The number of piperidine rings is 1. The SMILES string of the molecule is CCc1ccnc(N2CCOC3(CCN(CCc4cccc(CCOCCC(=O)OC(C)(C)C)c4)CC3)C2)n1. The first-order valence-corrected chi connectivity index (χ1v) is 14.5. The zero-order valence-electron chi connectivity index (χ0n) is 24.3. The molecule has 0 N–H and O–H groups in total. The molecule has 1 aromatic heterocycles. The molecular formula is C31H46N4O4. The summed E-state index contributed by atoms with van der Waals surface area (Å²) in [4.78, 5) is 26.0. The number of anilines is 1. The third-order valence-electron chi connectivity index (χ3n) is 7.48. The Labute approximate surface area is 234 Å². The van der Waals surface area contributed by atoms with E-state index >= 15 is 0 Å². The minimum Gasteiger partial charge on any atom is -0.460 e. The smallest absolute Gasteiger partial charge is 0.308 e. The summed E-state index contributed by atoms with van der Waals surface area (Å²) in [7, 11) is 0. The van der Waals surface area contributed by atoms with Crippen LogP contribution in [0.2, 0.25) is 0 Å². The molecule has 0 unspecified atom stereocenters. The van der Waals surface area contributed by atoms with Gasteiger partial charge in [0.05, 0.1) is 38.4 Å². The van der Waals surface area contributed by atoms with E-state index in [0.717, 1.165) is 83.1 Å². The first kappa shape index (κ1) is 29.4. The minimum absolute atomic E-state index is 0.0935. The maximum atomic E-state index is 11.8. The van der Waals surface area contributed by atoms with Crippen LogP contribution in [0, 0.1) is 0 Å². The molecule has 0 radical (unpaired) electrons. The van der Waals surface area contributed by atoms with Gasteiger partial charge in [-0.3, -0.25) is 4.79 Å². The maximum Gasteiger partial charge on any atom is 0.308 e. The summed E-state index contributed by atoms with van der Waals surface area (Å²) in [6, 6.07) is 10.8. The molecule has 214 valence electrons. The van der Waals surface area contributed by atoms with Crippen LogP contribution in [-0.4, -0.2) is 84.6 Å². The first-order valence-electron chi connectivity index (χ1n) is 14.5. The number of carbonyl (C=O) groups is 1. The van der Waals surface area contributed by atoms with Crippen LogP contribution in [-0.2, 0) is 38.3 Å². The van der Waals surface area contributed by atoms with Crippen LogP contribution >= 0.6 is 0 Å². The van der Waals surface area contributed by atoms with E-state index < -0.39 is 5.60 Å². The molecule has 2 aliphatic rings. The topological polar surface area (TPSA) is 77.0 Å². The van der Waals surface area contributed by atoms with Gasteiger partial charge in [-0.15, -0.1) is 0 Å². The van der Waals surface area contributed by atoms with E-state index in [-0.39, 0.29) is 18.0 Å². The van der Waals surface area contributed by atoms with E-state index in [1.54, 1.807) is 0 Å². The predicted molar refractivity (Wildman–Crippen MR) is 153 cm³/mol. The molecule has 4 rings (SSSR count). The summed E-state index contributed by atoms with van der Waals surface area (Å²) in [5, 5.41) is 0. The van der Waals surface area contributed by atoms with Crippen LogP contribution in [0.3, 0.4) is 0 Å². The van der Waals surface area contributed by atoms with Crippen molar-refractivity contribution < 1.29 is 19.0 Å². The highest BCUT2D eigenvalue weighted by Gasteiger charge is 2.40. The molecule has 0 atom stereocenters. The number of nitrogens with zero attached hydrogens (tertiary/aromatic N) is 4. The Hall–Kier alpha value is -2.55. The Morgan fingerprint density at radius 1 is 1.08 bits per heavy atom. The Balaban J connectivity index is 1.17. The maximum absolute atomic E-state index is 11.8. The average Bonchev–Trinajstić information content (AvgIpc) is 2.92. The van der Waals surface area contributed by atoms with Gasteiger partial charge in [0.2, 0.25) is 5.95 Å². The molecule has 0 amide bonds. The summed E-state index contributed by atoms with van der Waals surface area (Å²) >= 11 is 0. The molecule has 2 aliphatic heterocycles. The Bertz CT molecular complexity index is 1060. The first-order chi connectivity index (χ1) is 18.7. The van der Waals surface area contributed by atoms with Gasteiger partial charge in [-0.2, -0.15) is 0 Å². The van der Waals surface area contributed by atoms with Crippen molar-refractivity contribution >= 4 is 11.9 Å². The standard InChI is InChI=1S/C31H46N4O4/c1-5-27-9-15-32-29(33-27)35-19-22-38-31(24-35)13-17-34(18-14-31)16-10-25-7-6-8-26(23-25)11-20-37-21-12-28(36)39-30(2,3)4/h6-9,15,23H,5,10-14,16-22,24H2,1-4H3. The second-order valence-electron chi connectivity index (χ2n) is 11.8. The molecule has 8 heteroatoms. The molecule has 1 spiro atoms.